The molecule has 2 rings (SSSR count). The number of hydrogen-bond donors (Lipinski definition) is 1. The van der Waals surface area contributed by atoms with Gasteiger partial charge in [0.25, 0.3) is 5.91 Å². The first kappa shape index (κ1) is 20.6. The Kier molecular flexibility index (Phi) is 7.55. The maximum atomic E-state index is 12.1. The molecule has 0 aliphatic carbocycles. The lowest BCUT2D eigenvalue weighted by atomic mass is 10.1. The van der Waals surface area contributed by atoms with E-state index in [9.17, 15) is 14.4 Å². The summed E-state index contributed by atoms with van der Waals surface area (Å²) in [6, 6.07) is 8.72. The number of rotatable bonds is 9. The maximum absolute atomic E-state index is 12.1. The highest BCUT2D eigenvalue weighted by atomic mass is 32.1. The number of ketones is 1. The fourth-order valence-corrected chi connectivity index (χ4v) is 3.42. The number of Topliss-reactive ketones (excluding diaryl/α,β-unsaturated/α-hetero) is 1. The second-order valence-corrected chi connectivity index (χ2v) is 7.38. The van der Waals surface area contributed by atoms with E-state index >= 15 is 0 Å². The number of carbonyl (C=O) groups excluding carboxylic acids is 3. The van der Waals surface area contributed by atoms with Gasteiger partial charge in [0.2, 0.25) is 0 Å². The fourth-order valence-electron chi connectivity index (χ4n) is 2.47. The molecule has 144 valence electrons. The zero-order chi connectivity index (χ0) is 19.8. The number of amides is 1. The molecule has 1 N–H and O–H groups in total. The van der Waals surface area contributed by atoms with Crippen molar-refractivity contribution < 1.29 is 23.9 Å². The molecule has 1 aromatic heterocycles. The van der Waals surface area contributed by atoms with Crippen LogP contribution in [0.5, 0.6) is 5.75 Å². The van der Waals surface area contributed by atoms with Gasteiger partial charge in [0, 0.05) is 27.4 Å². The minimum Gasteiger partial charge on any atom is -0.494 e. The molecule has 0 aliphatic heterocycles. The van der Waals surface area contributed by atoms with Crippen molar-refractivity contribution in [3.63, 3.8) is 0 Å². The second-order valence-electron chi connectivity index (χ2n) is 5.92. The Hall–Kier alpha value is -2.67. The highest BCUT2D eigenvalue weighted by Gasteiger charge is 2.15. The molecule has 1 amide bonds. The highest BCUT2D eigenvalue weighted by molar-refractivity contribution is 7.12. The molecular weight excluding hydrogens is 366 g/mol. The van der Waals surface area contributed by atoms with Crippen molar-refractivity contribution in [3.8, 4) is 5.75 Å². The first-order valence-electron chi connectivity index (χ1n) is 8.67. The predicted octanol–water partition coefficient (Wildman–Crippen LogP) is 3.91. The molecule has 0 spiro atoms. The van der Waals surface area contributed by atoms with E-state index in [0.717, 1.165) is 9.75 Å². The number of anilines is 1. The predicted molar refractivity (Wildman–Crippen MR) is 105 cm³/mol. The molecule has 0 fully saturated rings. The van der Waals surface area contributed by atoms with E-state index in [4.69, 9.17) is 9.47 Å². The lowest BCUT2D eigenvalue weighted by Crippen LogP contribution is -2.21. The van der Waals surface area contributed by atoms with Crippen molar-refractivity contribution in [1.82, 2.24) is 0 Å². The molecule has 27 heavy (non-hydrogen) atoms. The van der Waals surface area contributed by atoms with Crippen LogP contribution in [0.1, 0.15) is 39.9 Å². The van der Waals surface area contributed by atoms with Gasteiger partial charge in [-0.05, 0) is 51.1 Å². The van der Waals surface area contributed by atoms with Crippen molar-refractivity contribution in [2.24, 2.45) is 0 Å². The van der Waals surface area contributed by atoms with Gasteiger partial charge < -0.3 is 14.8 Å². The van der Waals surface area contributed by atoms with E-state index in [-0.39, 0.29) is 18.6 Å². The first-order chi connectivity index (χ1) is 12.9. The summed E-state index contributed by atoms with van der Waals surface area (Å²) in [6.45, 7) is 5.88. The van der Waals surface area contributed by atoms with Crippen LogP contribution in [-0.2, 0) is 14.3 Å². The Morgan fingerprint density at radius 3 is 2.37 bits per heavy atom. The van der Waals surface area contributed by atoms with Crippen molar-refractivity contribution in [2.75, 3.05) is 18.5 Å². The van der Waals surface area contributed by atoms with Crippen LogP contribution in [0.3, 0.4) is 0 Å². The van der Waals surface area contributed by atoms with Gasteiger partial charge in [0.15, 0.2) is 12.4 Å². The summed E-state index contributed by atoms with van der Waals surface area (Å²) in [5.41, 5.74) is 1.23. The van der Waals surface area contributed by atoms with Crippen molar-refractivity contribution >= 4 is 34.7 Å². The van der Waals surface area contributed by atoms with Gasteiger partial charge in [-0.15, -0.1) is 11.3 Å². The first-order valence-corrected chi connectivity index (χ1v) is 9.49. The molecule has 1 aromatic carbocycles. The lowest BCUT2D eigenvalue weighted by molar-refractivity contribution is -0.147. The molecule has 0 aliphatic rings. The van der Waals surface area contributed by atoms with Gasteiger partial charge in [-0.25, -0.2) is 0 Å². The van der Waals surface area contributed by atoms with Gasteiger partial charge in [-0.1, -0.05) is 0 Å². The summed E-state index contributed by atoms with van der Waals surface area (Å²) in [7, 11) is 0. The lowest BCUT2D eigenvalue weighted by Gasteiger charge is -2.08. The Bertz CT molecular complexity index is 810. The van der Waals surface area contributed by atoms with E-state index in [1.807, 2.05) is 26.8 Å². The molecule has 0 unspecified atom stereocenters. The normalized spacial score (nSPS) is 10.3. The van der Waals surface area contributed by atoms with Crippen molar-refractivity contribution in [3.05, 3.63) is 45.6 Å². The summed E-state index contributed by atoms with van der Waals surface area (Å²) < 4.78 is 10.3. The van der Waals surface area contributed by atoms with Crippen molar-refractivity contribution in [1.29, 1.82) is 0 Å². The number of hydrogen-bond acceptors (Lipinski definition) is 6. The Balaban J connectivity index is 1.72. The van der Waals surface area contributed by atoms with Gasteiger partial charge in [0.1, 0.15) is 5.75 Å². The van der Waals surface area contributed by atoms with Crippen LogP contribution in [0.2, 0.25) is 0 Å². The van der Waals surface area contributed by atoms with Crippen LogP contribution in [0, 0.1) is 13.8 Å². The average Bonchev–Trinajstić information content (AvgIpc) is 2.98. The molecule has 1 heterocycles. The van der Waals surface area contributed by atoms with Crippen LogP contribution in [0.25, 0.3) is 0 Å². The number of ether oxygens (including phenoxy) is 2. The van der Waals surface area contributed by atoms with Crippen LogP contribution in [0.15, 0.2) is 30.3 Å². The van der Waals surface area contributed by atoms with E-state index in [1.165, 1.54) is 0 Å². The highest BCUT2D eigenvalue weighted by Crippen LogP contribution is 2.22. The molecule has 0 atom stereocenters. The fraction of sp³-hybridized carbons (Fsp3) is 0.350. The molecule has 0 radical (unpaired) electrons. The minimum atomic E-state index is -0.574. The average molecular weight is 389 g/mol. The van der Waals surface area contributed by atoms with E-state index < -0.39 is 18.5 Å². The SMILES string of the molecule is CCOc1ccc(NC(=O)COC(=O)CCC(=O)c2cc(C)sc2C)cc1. The van der Waals surface area contributed by atoms with Gasteiger partial charge in [-0.3, -0.25) is 14.4 Å². The summed E-state index contributed by atoms with van der Waals surface area (Å²) in [4.78, 5) is 37.8. The molecule has 0 saturated carbocycles. The van der Waals surface area contributed by atoms with E-state index in [2.05, 4.69) is 5.32 Å². The van der Waals surface area contributed by atoms with E-state index in [1.54, 1.807) is 35.6 Å². The third kappa shape index (κ3) is 6.53. The van der Waals surface area contributed by atoms with Gasteiger partial charge in [-0.2, -0.15) is 0 Å². The third-order valence-electron chi connectivity index (χ3n) is 3.71. The molecular formula is C20H23NO5S. The number of carbonyl (C=O) groups is 3. The standard InChI is InChI=1S/C20H23NO5S/c1-4-25-16-7-5-15(6-8-16)21-19(23)12-26-20(24)10-9-18(22)17-11-13(2)27-14(17)3/h5-8,11H,4,9-10,12H2,1-3H3,(H,21,23). The monoisotopic (exact) mass is 389 g/mol. The van der Waals surface area contributed by atoms with Crippen LogP contribution in [0.4, 0.5) is 5.69 Å². The van der Waals surface area contributed by atoms with Crippen LogP contribution >= 0.6 is 11.3 Å². The minimum absolute atomic E-state index is 0.0521. The molecule has 2 aromatic rings. The summed E-state index contributed by atoms with van der Waals surface area (Å²) in [6.07, 6.45) is 0.0137. The topological polar surface area (TPSA) is 81.7 Å². The number of thiophene rings is 1. The largest absolute Gasteiger partial charge is 0.494 e. The molecule has 6 nitrogen and oxygen atoms in total. The summed E-state index contributed by atoms with van der Waals surface area (Å²) in [5.74, 6) is -0.395. The number of nitrogens with one attached hydrogen (secondary N) is 1. The number of aryl methyl sites for hydroxylation is 2. The Labute approximate surface area is 162 Å². The van der Waals surface area contributed by atoms with Crippen LogP contribution in [-0.4, -0.2) is 30.9 Å². The number of esters is 1. The van der Waals surface area contributed by atoms with Gasteiger partial charge >= 0.3 is 5.97 Å². The van der Waals surface area contributed by atoms with Gasteiger partial charge in [0.05, 0.1) is 13.0 Å². The smallest absolute Gasteiger partial charge is 0.306 e. The quantitative estimate of drug-likeness (QED) is 0.519. The van der Waals surface area contributed by atoms with E-state index in [0.29, 0.717) is 23.6 Å². The molecule has 0 bridgehead atoms. The Morgan fingerprint density at radius 1 is 1.07 bits per heavy atom. The third-order valence-corrected chi connectivity index (χ3v) is 4.68. The number of benzene rings is 1. The maximum Gasteiger partial charge on any atom is 0.306 e. The Morgan fingerprint density at radius 2 is 1.78 bits per heavy atom. The zero-order valence-corrected chi connectivity index (χ0v) is 16.5. The molecule has 0 saturated heterocycles. The molecule has 7 heteroatoms. The summed E-state index contributed by atoms with van der Waals surface area (Å²) >= 11 is 1.55. The van der Waals surface area contributed by atoms with Crippen molar-refractivity contribution in [2.45, 2.75) is 33.6 Å². The summed E-state index contributed by atoms with van der Waals surface area (Å²) in [5, 5.41) is 2.63. The second kappa shape index (κ2) is 9.87. The zero-order valence-electron chi connectivity index (χ0n) is 15.7. The van der Waals surface area contributed by atoms with Crippen LogP contribution < -0.4 is 10.1 Å².